The smallest absolute Gasteiger partial charge is 0.245 e. The summed E-state index contributed by atoms with van der Waals surface area (Å²) in [4.78, 5) is 1.90. The van der Waals surface area contributed by atoms with Crippen LogP contribution in [-0.4, -0.2) is 51.4 Å². The van der Waals surface area contributed by atoms with Crippen molar-refractivity contribution in [3.8, 4) is 0 Å². The van der Waals surface area contributed by atoms with E-state index >= 15 is 0 Å². The van der Waals surface area contributed by atoms with Crippen molar-refractivity contribution in [3.05, 3.63) is 28.5 Å². The largest absolute Gasteiger partial charge is 0.306 e. The summed E-state index contributed by atoms with van der Waals surface area (Å²) in [5.74, 6) is -0.423. The Morgan fingerprint density at radius 3 is 2.75 bits per heavy atom. The first-order chi connectivity index (χ1) is 9.30. The van der Waals surface area contributed by atoms with Gasteiger partial charge >= 0.3 is 0 Å². The molecule has 1 atom stereocenters. The molecule has 1 fully saturated rings. The summed E-state index contributed by atoms with van der Waals surface area (Å²) in [7, 11) is -0.247. The highest BCUT2D eigenvalue weighted by atomic mass is 79.9. The molecule has 1 heterocycles. The number of benzene rings is 1. The fraction of sp³-hybridized carbons (Fsp3) is 0.538. The Labute approximate surface area is 127 Å². The lowest BCUT2D eigenvalue weighted by Crippen LogP contribution is -2.33. The van der Waals surface area contributed by atoms with E-state index in [1.807, 2.05) is 7.05 Å². The highest BCUT2D eigenvalue weighted by Gasteiger charge is 2.29. The minimum Gasteiger partial charge on any atom is -0.306 e. The quantitative estimate of drug-likeness (QED) is 0.821. The first-order valence-corrected chi connectivity index (χ1v) is 8.64. The van der Waals surface area contributed by atoms with Gasteiger partial charge in [-0.15, -0.1) is 0 Å². The van der Waals surface area contributed by atoms with Crippen LogP contribution in [-0.2, 0) is 10.0 Å². The molecule has 1 aliphatic rings. The van der Waals surface area contributed by atoms with Gasteiger partial charge in [0.25, 0.3) is 0 Å². The van der Waals surface area contributed by atoms with Crippen LogP contribution in [0.5, 0.6) is 0 Å². The predicted octanol–water partition coefficient (Wildman–Crippen LogP) is 2.16. The molecule has 1 aromatic carbocycles. The van der Waals surface area contributed by atoms with Crippen LogP contribution >= 0.6 is 15.9 Å². The second-order valence-corrected chi connectivity index (χ2v) is 8.21. The molecule has 2 rings (SSSR count). The molecule has 0 radical (unpaired) electrons. The van der Waals surface area contributed by atoms with Crippen molar-refractivity contribution < 1.29 is 12.8 Å². The van der Waals surface area contributed by atoms with Crippen LogP contribution < -0.4 is 0 Å². The maximum absolute atomic E-state index is 13.8. The van der Waals surface area contributed by atoms with Gasteiger partial charge in [-0.3, -0.25) is 0 Å². The SMILES string of the molecule is CN1CCC(CN(C)S(=O)(=O)c2ccc(Br)cc2F)C1. The van der Waals surface area contributed by atoms with Gasteiger partial charge in [-0.1, -0.05) is 15.9 Å². The van der Waals surface area contributed by atoms with Crippen molar-refractivity contribution in [1.82, 2.24) is 9.21 Å². The number of halogens is 2. The fourth-order valence-electron chi connectivity index (χ4n) is 2.49. The van der Waals surface area contributed by atoms with Gasteiger partial charge in [0.05, 0.1) is 0 Å². The Morgan fingerprint density at radius 2 is 2.20 bits per heavy atom. The minimum absolute atomic E-state index is 0.269. The Balaban J connectivity index is 2.17. The standard InChI is InChI=1S/C13H18BrFN2O2S/c1-16-6-5-10(8-16)9-17(2)20(18,19)13-4-3-11(14)7-12(13)15/h3-4,7,10H,5-6,8-9H2,1-2H3. The monoisotopic (exact) mass is 364 g/mol. The summed E-state index contributed by atoms with van der Waals surface area (Å²) in [6.45, 7) is 2.27. The Morgan fingerprint density at radius 1 is 1.50 bits per heavy atom. The molecule has 0 aromatic heterocycles. The van der Waals surface area contributed by atoms with E-state index in [1.54, 1.807) is 0 Å². The van der Waals surface area contributed by atoms with Gasteiger partial charge in [-0.2, -0.15) is 0 Å². The number of sulfonamides is 1. The lowest BCUT2D eigenvalue weighted by molar-refractivity contribution is 0.356. The van der Waals surface area contributed by atoms with E-state index in [4.69, 9.17) is 0 Å². The molecule has 0 spiro atoms. The van der Waals surface area contributed by atoms with Crippen LogP contribution in [0, 0.1) is 11.7 Å². The fourth-order valence-corrected chi connectivity index (χ4v) is 4.11. The van der Waals surface area contributed by atoms with Gasteiger partial charge in [0.15, 0.2) is 0 Å². The third kappa shape index (κ3) is 3.39. The third-order valence-electron chi connectivity index (χ3n) is 3.59. The van der Waals surface area contributed by atoms with Gasteiger partial charge in [0, 0.05) is 24.6 Å². The summed E-state index contributed by atoms with van der Waals surface area (Å²) in [6.07, 6.45) is 0.971. The van der Waals surface area contributed by atoms with Crippen LogP contribution in [0.3, 0.4) is 0 Å². The van der Waals surface area contributed by atoms with E-state index in [-0.39, 0.29) is 4.90 Å². The summed E-state index contributed by atoms with van der Waals surface area (Å²) in [5, 5.41) is 0. The van der Waals surface area contributed by atoms with Crippen molar-refractivity contribution in [1.29, 1.82) is 0 Å². The zero-order valence-corrected chi connectivity index (χ0v) is 13.9. The number of rotatable bonds is 4. The average Bonchev–Trinajstić information content (AvgIpc) is 2.74. The molecule has 0 N–H and O–H groups in total. The zero-order valence-electron chi connectivity index (χ0n) is 11.5. The Kier molecular flexibility index (Phi) is 4.84. The summed E-state index contributed by atoms with van der Waals surface area (Å²) >= 11 is 3.12. The van der Waals surface area contributed by atoms with Gasteiger partial charge in [0.1, 0.15) is 10.7 Å². The highest BCUT2D eigenvalue weighted by Crippen LogP contribution is 2.24. The van der Waals surface area contributed by atoms with E-state index < -0.39 is 15.8 Å². The van der Waals surface area contributed by atoms with Gasteiger partial charge < -0.3 is 4.90 Å². The molecule has 112 valence electrons. The second kappa shape index (κ2) is 6.09. The molecule has 1 aliphatic heterocycles. The molecule has 4 nitrogen and oxygen atoms in total. The van der Waals surface area contributed by atoms with Crippen molar-refractivity contribution >= 4 is 26.0 Å². The van der Waals surface area contributed by atoms with E-state index in [0.29, 0.717) is 16.9 Å². The molecule has 1 unspecified atom stereocenters. The first-order valence-electron chi connectivity index (χ1n) is 6.40. The summed E-state index contributed by atoms with van der Waals surface area (Å²) < 4.78 is 40.4. The number of likely N-dealkylation sites (tertiary alicyclic amines) is 1. The first kappa shape index (κ1) is 15.9. The van der Waals surface area contributed by atoms with E-state index in [9.17, 15) is 12.8 Å². The lowest BCUT2D eigenvalue weighted by atomic mass is 10.1. The Bertz CT molecular complexity index is 594. The lowest BCUT2D eigenvalue weighted by Gasteiger charge is -2.21. The van der Waals surface area contributed by atoms with Crippen LogP contribution in [0.1, 0.15) is 6.42 Å². The maximum Gasteiger partial charge on any atom is 0.245 e. The number of hydrogen-bond acceptors (Lipinski definition) is 3. The predicted molar refractivity (Wildman–Crippen MR) is 79.5 cm³/mol. The molecular weight excluding hydrogens is 347 g/mol. The van der Waals surface area contributed by atoms with Crippen LogP contribution in [0.15, 0.2) is 27.6 Å². The molecule has 0 aliphatic carbocycles. The van der Waals surface area contributed by atoms with Crippen LogP contribution in [0.2, 0.25) is 0 Å². The number of nitrogens with zero attached hydrogens (tertiary/aromatic N) is 2. The van der Waals surface area contributed by atoms with E-state index in [2.05, 4.69) is 20.8 Å². The average molecular weight is 365 g/mol. The summed E-state index contributed by atoms with van der Waals surface area (Å²) in [6, 6.07) is 4.00. The maximum atomic E-state index is 13.8. The van der Waals surface area contributed by atoms with Crippen molar-refractivity contribution in [3.63, 3.8) is 0 Å². The molecular formula is C13H18BrFN2O2S. The third-order valence-corrected chi connectivity index (χ3v) is 5.94. The van der Waals surface area contributed by atoms with Crippen LogP contribution in [0.4, 0.5) is 4.39 Å². The van der Waals surface area contributed by atoms with E-state index in [0.717, 1.165) is 19.5 Å². The summed E-state index contributed by atoms with van der Waals surface area (Å²) in [5.41, 5.74) is 0. The molecule has 20 heavy (non-hydrogen) atoms. The minimum atomic E-state index is -3.77. The van der Waals surface area contributed by atoms with Crippen LogP contribution in [0.25, 0.3) is 0 Å². The van der Waals surface area contributed by atoms with Crippen molar-refractivity contribution in [2.45, 2.75) is 11.3 Å². The van der Waals surface area contributed by atoms with Gasteiger partial charge in [-0.05, 0) is 44.1 Å². The van der Waals surface area contributed by atoms with Crippen molar-refractivity contribution in [2.24, 2.45) is 5.92 Å². The molecule has 0 saturated carbocycles. The molecule has 1 aromatic rings. The molecule has 0 bridgehead atoms. The second-order valence-electron chi connectivity index (χ2n) is 5.28. The van der Waals surface area contributed by atoms with E-state index in [1.165, 1.54) is 29.6 Å². The van der Waals surface area contributed by atoms with Crippen molar-refractivity contribution in [2.75, 3.05) is 33.7 Å². The number of hydrogen-bond donors (Lipinski definition) is 0. The van der Waals surface area contributed by atoms with Gasteiger partial charge in [-0.25, -0.2) is 17.1 Å². The highest BCUT2D eigenvalue weighted by molar-refractivity contribution is 9.10. The zero-order chi connectivity index (χ0) is 14.9. The molecule has 7 heteroatoms. The normalized spacial score (nSPS) is 20.8. The topological polar surface area (TPSA) is 40.6 Å². The Hall–Kier alpha value is -0.500. The van der Waals surface area contributed by atoms with Gasteiger partial charge in [0.2, 0.25) is 10.0 Å². The molecule has 0 amide bonds. The molecule has 1 saturated heterocycles.